The van der Waals surface area contributed by atoms with Crippen LogP contribution in [0.5, 0.6) is 0 Å². The third kappa shape index (κ3) is 4.33. The number of rotatable bonds is 6. The number of anilines is 1. The number of fused-ring (bicyclic) bond motifs is 1. The van der Waals surface area contributed by atoms with Gasteiger partial charge >= 0.3 is 0 Å². The van der Waals surface area contributed by atoms with E-state index in [1.165, 1.54) is 0 Å². The van der Waals surface area contributed by atoms with E-state index < -0.39 is 0 Å². The van der Waals surface area contributed by atoms with Crippen LogP contribution in [0.25, 0.3) is 16.6 Å². The van der Waals surface area contributed by atoms with Crippen LogP contribution in [0, 0.1) is 5.41 Å². The number of halogens is 1. The van der Waals surface area contributed by atoms with Gasteiger partial charge in [-0.05, 0) is 60.4 Å². The number of likely N-dealkylation sites (N-methyl/N-ethyl adjacent to an activating group) is 1. The van der Waals surface area contributed by atoms with Crippen LogP contribution in [-0.2, 0) is 0 Å². The lowest BCUT2D eigenvalue weighted by Crippen LogP contribution is -2.17. The molecule has 0 fully saturated rings. The van der Waals surface area contributed by atoms with Crippen molar-refractivity contribution in [3.63, 3.8) is 0 Å². The fourth-order valence-electron chi connectivity index (χ4n) is 3.78. The number of nitrogens with two attached hydrogens (primary N) is 1. The number of hydrogen-bond donors (Lipinski definition) is 4. The molecule has 0 radical (unpaired) electrons. The summed E-state index contributed by atoms with van der Waals surface area (Å²) in [6.45, 7) is 7.86. The van der Waals surface area contributed by atoms with Crippen molar-refractivity contribution in [1.82, 2.24) is 15.3 Å². The largest absolute Gasteiger partial charge is 0.398 e. The predicted molar refractivity (Wildman–Crippen MR) is 131 cm³/mol. The minimum Gasteiger partial charge on any atom is -0.398 e. The van der Waals surface area contributed by atoms with Gasteiger partial charge in [0.1, 0.15) is 5.71 Å². The number of para-hydroxylation sites is 2. The fourth-order valence-corrected chi connectivity index (χ4v) is 4.10. The quantitative estimate of drug-likeness (QED) is 0.239. The molecule has 5 N–H and O–H groups in total. The number of allylic oxidation sites excluding steroid dienone is 4. The van der Waals surface area contributed by atoms with Crippen LogP contribution in [0.4, 0.5) is 5.69 Å². The Hall–Kier alpha value is -3.15. The highest BCUT2D eigenvalue weighted by Crippen LogP contribution is 2.36. The van der Waals surface area contributed by atoms with Gasteiger partial charge in [-0.25, -0.2) is 4.98 Å². The second-order valence-corrected chi connectivity index (χ2v) is 8.10. The molecule has 1 heterocycles. The normalized spacial score (nSPS) is 14.6. The lowest BCUT2D eigenvalue weighted by atomic mass is 9.97. The third-order valence-electron chi connectivity index (χ3n) is 5.45. The van der Waals surface area contributed by atoms with Crippen molar-refractivity contribution < 1.29 is 0 Å². The molecule has 0 bridgehead atoms. The molecule has 0 amide bonds. The molecule has 0 unspecified atom stereocenters. The highest BCUT2D eigenvalue weighted by atomic mass is 35.5. The van der Waals surface area contributed by atoms with Gasteiger partial charge in [-0.15, -0.1) is 0 Å². The number of benzene rings is 2. The summed E-state index contributed by atoms with van der Waals surface area (Å²) < 4.78 is 0. The van der Waals surface area contributed by atoms with E-state index in [9.17, 15) is 0 Å². The Bertz CT molecular complexity index is 1200. The van der Waals surface area contributed by atoms with Crippen molar-refractivity contribution in [3.05, 3.63) is 88.2 Å². The van der Waals surface area contributed by atoms with Crippen molar-refractivity contribution in [2.45, 2.75) is 19.8 Å². The number of hydrogen-bond acceptors (Lipinski definition) is 4. The standard InChI is InChI=1S/C25H26ClN5/c1-3-29-14-17-12-15(2)8-10-18(23(17)26)16-9-11-20(27)19(13-16)24(28)25-30-21-6-4-5-7-22(21)31-25/h4-7,9-11,13,28-29H,2-3,8,12,14,27H2,1H3,(H,30,31). The molecule has 158 valence electrons. The first-order chi connectivity index (χ1) is 15.0. The number of nitrogen functional groups attached to an aromatic ring is 1. The number of nitrogens with zero attached hydrogens (tertiary/aromatic N) is 1. The molecule has 1 aromatic heterocycles. The summed E-state index contributed by atoms with van der Waals surface area (Å²) in [6.07, 6.45) is 3.66. The van der Waals surface area contributed by atoms with Gasteiger partial charge in [0.15, 0.2) is 5.82 Å². The molecule has 3 aromatic rings. The van der Waals surface area contributed by atoms with Crippen LogP contribution in [0.3, 0.4) is 0 Å². The monoisotopic (exact) mass is 431 g/mol. The summed E-state index contributed by atoms with van der Waals surface area (Å²) in [5.41, 5.74) is 13.5. The van der Waals surface area contributed by atoms with Crippen LogP contribution in [0.2, 0.25) is 0 Å². The van der Waals surface area contributed by atoms with Crippen molar-refractivity contribution in [2.24, 2.45) is 0 Å². The molecule has 0 aliphatic heterocycles. The zero-order chi connectivity index (χ0) is 22.0. The molecule has 4 rings (SSSR count). The lowest BCUT2D eigenvalue weighted by molar-refractivity contribution is 0.760. The molecule has 5 nitrogen and oxygen atoms in total. The second kappa shape index (κ2) is 8.92. The van der Waals surface area contributed by atoms with Crippen LogP contribution in [-0.4, -0.2) is 28.8 Å². The average molecular weight is 432 g/mol. The maximum atomic E-state index is 8.75. The smallest absolute Gasteiger partial charge is 0.157 e. The first-order valence-electron chi connectivity index (χ1n) is 10.4. The Kier molecular flexibility index (Phi) is 6.07. The molecule has 1 aliphatic carbocycles. The first kappa shape index (κ1) is 21.1. The summed E-state index contributed by atoms with van der Waals surface area (Å²) in [6, 6.07) is 13.4. The molecule has 6 heteroatoms. The zero-order valence-corrected chi connectivity index (χ0v) is 18.3. The summed E-state index contributed by atoms with van der Waals surface area (Å²) in [7, 11) is 0. The van der Waals surface area contributed by atoms with E-state index in [0.717, 1.165) is 64.3 Å². The van der Waals surface area contributed by atoms with E-state index in [0.29, 0.717) is 17.1 Å². The number of aromatic amines is 1. The van der Waals surface area contributed by atoms with Gasteiger partial charge in [-0.1, -0.05) is 55.0 Å². The van der Waals surface area contributed by atoms with E-state index in [-0.39, 0.29) is 5.71 Å². The van der Waals surface area contributed by atoms with Gasteiger partial charge in [-0.3, -0.25) is 5.41 Å². The van der Waals surface area contributed by atoms with Gasteiger partial charge in [-0.2, -0.15) is 0 Å². The summed E-state index contributed by atoms with van der Waals surface area (Å²) >= 11 is 6.86. The lowest BCUT2D eigenvalue weighted by Gasteiger charge is -2.14. The number of H-pyrrole nitrogens is 1. The van der Waals surface area contributed by atoms with Crippen LogP contribution >= 0.6 is 11.6 Å². The van der Waals surface area contributed by atoms with Gasteiger partial charge < -0.3 is 16.0 Å². The minimum absolute atomic E-state index is 0.252. The summed E-state index contributed by atoms with van der Waals surface area (Å²) in [5, 5.41) is 12.9. The Labute approximate surface area is 187 Å². The Morgan fingerprint density at radius 2 is 2.10 bits per heavy atom. The predicted octanol–water partition coefficient (Wildman–Crippen LogP) is 5.40. The number of aromatic nitrogens is 2. The van der Waals surface area contributed by atoms with Crippen molar-refractivity contribution in [1.29, 1.82) is 5.41 Å². The SMILES string of the molecule is C=C1CC=C(c2ccc(N)c(C(=N)c3nc4ccccc4[nH]3)c2)C(Cl)=C(CNCC)C1. The average Bonchev–Trinajstić information content (AvgIpc) is 3.15. The third-order valence-corrected chi connectivity index (χ3v) is 5.92. The van der Waals surface area contributed by atoms with Crippen molar-refractivity contribution in [2.75, 3.05) is 18.8 Å². The van der Waals surface area contributed by atoms with Crippen molar-refractivity contribution in [3.8, 4) is 0 Å². The Morgan fingerprint density at radius 3 is 2.87 bits per heavy atom. The molecule has 0 saturated carbocycles. The number of nitrogens with one attached hydrogen (secondary N) is 3. The van der Waals surface area contributed by atoms with Gasteiger partial charge in [0.05, 0.1) is 11.0 Å². The number of imidazole rings is 1. The molecular formula is C25H26ClN5. The second-order valence-electron chi connectivity index (χ2n) is 7.73. The fraction of sp³-hybridized carbons (Fsp3) is 0.200. The molecule has 31 heavy (non-hydrogen) atoms. The zero-order valence-electron chi connectivity index (χ0n) is 17.6. The maximum Gasteiger partial charge on any atom is 0.157 e. The molecule has 2 aromatic carbocycles. The highest BCUT2D eigenvalue weighted by Gasteiger charge is 2.19. The van der Waals surface area contributed by atoms with Crippen LogP contribution < -0.4 is 11.1 Å². The maximum absolute atomic E-state index is 8.75. The molecular weight excluding hydrogens is 406 g/mol. The first-order valence-corrected chi connectivity index (χ1v) is 10.7. The Morgan fingerprint density at radius 1 is 1.29 bits per heavy atom. The van der Waals surface area contributed by atoms with E-state index in [1.54, 1.807) is 0 Å². The van der Waals surface area contributed by atoms with E-state index >= 15 is 0 Å². The molecule has 0 saturated heterocycles. The Balaban J connectivity index is 1.74. The van der Waals surface area contributed by atoms with Crippen LogP contribution in [0.15, 0.2) is 71.3 Å². The highest BCUT2D eigenvalue weighted by molar-refractivity contribution is 6.37. The molecule has 0 atom stereocenters. The van der Waals surface area contributed by atoms with Gasteiger partial charge in [0.25, 0.3) is 0 Å². The molecule has 1 aliphatic rings. The minimum atomic E-state index is 0.252. The van der Waals surface area contributed by atoms with E-state index in [1.807, 2.05) is 42.5 Å². The van der Waals surface area contributed by atoms with E-state index in [4.69, 9.17) is 22.7 Å². The topological polar surface area (TPSA) is 90.6 Å². The van der Waals surface area contributed by atoms with Gasteiger partial charge in [0.2, 0.25) is 0 Å². The van der Waals surface area contributed by atoms with Crippen LogP contribution in [0.1, 0.15) is 36.7 Å². The molecule has 0 spiro atoms. The summed E-state index contributed by atoms with van der Waals surface area (Å²) in [5.74, 6) is 0.489. The van der Waals surface area contributed by atoms with Crippen molar-refractivity contribution >= 4 is 39.6 Å². The van der Waals surface area contributed by atoms with E-state index in [2.05, 4.69) is 34.9 Å². The summed E-state index contributed by atoms with van der Waals surface area (Å²) in [4.78, 5) is 7.77. The van der Waals surface area contributed by atoms with Gasteiger partial charge in [0, 0.05) is 22.8 Å².